The normalized spacial score (nSPS) is 10.3. The van der Waals surface area contributed by atoms with Gasteiger partial charge in [-0.1, -0.05) is 17.7 Å². The Hall–Kier alpha value is -2.01. The highest BCUT2D eigenvalue weighted by molar-refractivity contribution is 6.31. The van der Waals surface area contributed by atoms with Gasteiger partial charge in [0, 0.05) is 5.69 Å². The fraction of sp³-hybridized carbons (Fsp3) is 0. The van der Waals surface area contributed by atoms with Gasteiger partial charge in [0.2, 0.25) is 0 Å². The van der Waals surface area contributed by atoms with Crippen molar-refractivity contribution >= 4 is 23.2 Å². The molecule has 0 atom stereocenters. The molecule has 1 N–H and O–H groups in total. The maximum atomic E-state index is 13.4. The lowest BCUT2D eigenvalue weighted by Gasteiger charge is -2.07. The number of amides is 1. The summed E-state index contributed by atoms with van der Waals surface area (Å²) >= 11 is 5.54. The minimum Gasteiger partial charge on any atom is -0.322 e. The Morgan fingerprint density at radius 1 is 1.05 bits per heavy atom. The molecule has 6 heteroatoms. The summed E-state index contributed by atoms with van der Waals surface area (Å²) in [4.78, 5) is 11.7. The van der Waals surface area contributed by atoms with Gasteiger partial charge in [-0.15, -0.1) is 0 Å². The molecular formula is C13H7ClF3NO. The summed E-state index contributed by atoms with van der Waals surface area (Å²) in [7, 11) is 0. The standard InChI is InChI=1S/C13H7ClF3NO/c14-9-6-7(4-5-10(9)15)18-13(19)8-2-1-3-11(16)12(8)17/h1-6H,(H,18,19). The Labute approximate surface area is 111 Å². The first-order chi connectivity index (χ1) is 8.99. The van der Waals surface area contributed by atoms with Gasteiger partial charge in [-0.25, -0.2) is 13.2 Å². The average Bonchev–Trinajstić information content (AvgIpc) is 2.37. The number of carbonyl (C=O) groups excluding carboxylic acids is 1. The maximum Gasteiger partial charge on any atom is 0.258 e. The smallest absolute Gasteiger partial charge is 0.258 e. The van der Waals surface area contributed by atoms with Crippen LogP contribution in [0, 0.1) is 17.5 Å². The predicted molar refractivity (Wildman–Crippen MR) is 65.7 cm³/mol. The number of anilines is 1. The minimum atomic E-state index is -1.24. The zero-order chi connectivity index (χ0) is 14.0. The number of rotatable bonds is 2. The Morgan fingerprint density at radius 3 is 2.47 bits per heavy atom. The highest BCUT2D eigenvalue weighted by Gasteiger charge is 2.15. The Balaban J connectivity index is 2.26. The van der Waals surface area contributed by atoms with Gasteiger partial charge in [0.15, 0.2) is 11.6 Å². The molecule has 98 valence electrons. The van der Waals surface area contributed by atoms with E-state index in [1.807, 2.05) is 0 Å². The van der Waals surface area contributed by atoms with Gasteiger partial charge in [-0.3, -0.25) is 4.79 Å². The third kappa shape index (κ3) is 2.88. The first kappa shape index (κ1) is 13.4. The van der Waals surface area contributed by atoms with Crippen LogP contribution in [0.1, 0.15) is 10.4 Å². The molecule has 0 bridgehead atoms. The highest BCUT2D eigenvalue weighted by atomic mass is 35.5. The summed E-state index contributed by atoms with van der Waals surface area (Å²) in [6, 6.07) is 6.74. The van der Waals surface area contributed by atoms with Gasteiger partial charge in [0.25, 0.3) is 5.91 Å². The molecule has 2 rings (SSSR count). The average molecular weight is 286 g/mol. The van der Waals surface area contributed by atoms with Gasteiger partial charge >= 0.3 is 0 Å². The molecule has 2 aromatic carbocycles. The van der Waals surface area contributed by atoms with E-state index in [1.54, 1.807) is 0 Å². The predicted octanol–water partition coefficient (Wildman–Crippen LogP) is 4.01. The van der Waals surface area contributed by atoms with Gasteiger partial charge in [-0.05, 0) is 30.3 Å². The molecule has 19 heavy (non-hydrogen) atoms. The molecule has 2 nitrogen and oxygen atoms in total. The van der Waals surface area contributed by atoms with E-state index < -0.39 is 28.9 Å². The second kappa shape index (κ2) is 5.32. The molecule has 0 spiro atoms. The third-order valence-corrected chi connectivity index (χ3v) is 2.66. The van der Waals surface area contributed by atoms with E-state index in [9.17, 15) is 18.0 Å². The third-order valence-electron chi connectivity index (χ3n) is 2.37. The van der Waals surface area contributed by atoms with Crippen LogP contribution in [0.15, 0.2) is 36.4 Å². The van der Waals surface area contributed by atoms with Crippen molar-refractivity contribution in [3.05, 3.63) is 64.4 Å². The van der Waals surface area contributed by atoms with Crippen molar-refractivity contribution in [1.82, 2.24) is 0 Å². The summed E-state index contributed by atoms with van der Waals surface area (Å²) in [6.07, 6.45) is 0. The molecule has 0 aliphatic heterocycles. The van der Waals surface area contributed by atoms with E-state index in [-0.39, 0.29) is 10.7 Å². The summed E-state index contributed by atoms with van der Waals surface area (Å²) < 4.78 is 39.3. The van der Waals surface area contributed by atoms with Crippen LogP contribution in [0.4, 0.5) is 18.9 Å². The molecular weight excluding hydrogens is 279 g/mol. The number of hydrogen-bond acceptors (Lipinski definition) is 1. The van der Waals surface area contributed by atoms with Crippen molar-refractivity contribution in [2.75, 3.05) is 5.32 Å². The molecule has 1 amide bonds. The lowest BCUT2D eigenvalue weighted by molar-refractivity contribution is 0.102. The number of carbonyl (C=O) groups is 1. The Kier molecular flexibility index (Phi) is 3.76. The van der Waals surface area contributed by atoms with E-state index in [0.717, 1.165) is 18.2 Å². The van der Waals surface area contributed by atoms with E-state index in [2.05, 4.69) is 5.32 Å². The zero-order valence-electron chi connectivity index (χ0n) is 9.38. The number of halogens is 4. The van der Waals surface area contributed by atoms with Crippen molar-refractivity contribution in [2.24, 2.45) is 0 Å². The molecule has 0 aliphatic rings. The van der Waals surface area contributed by atoms with Crippen molar-refractivity contribution in [1.29, 1.82) is 0 Å². The molecule has 0 saturated carbocycles. The summed E-state index contributed by atoms with van der Waals surface area (Å²) in [5.41, 5.74) is -0.263. The minimum absolute atomic E-state index is 0.181. The van der Waals surface area contributed by atoms with Gasteiger partial charge in [-0.2, -0.15) is 0 Å². The maximum absolute atomic E-state index is 13.4. The SMILES string of the molecule is O=C(Nc1ccc(F)c(Cl)c1)c1cccc(F)c1F. The lowest BCUT2D eigenvalue weighted by Crippen LogP contribution is -2.14. The van der Waals surface area contributed by atoms with Crippen LogP contribution in [0.2, 0.25) is 5.02 Å². The van der Waals surface area contributed by atoms with Crippen molar-refractivity contribution < 1.29 is 18.0 Å². The zero-order valence-corrected chi connectivity index (χ0v) is 10.1. The first-order valence-corrected chi connectivity index (χ1v) is 5.57. The highest BCUT2D eigenvalue weighted by Crippen LogP contribution is 2.20. The molecule has 0 radical (unpaired) electrons. The second-order valence-corrected chi connectivity index (χ2v) is 4.09. The van der Waals surface area contributed by atoms with Gasteiger partial charge in [0.1, 0.15) is 5.82 Å². The molecule has 0 heterocycles. The fourth-order valence-electron chi connectivity index (χ4n) is 1.45. The number of hydrogen-bond donors (Lipinski definition) is 1. The summed E-state index contributed by atoms with van der Waals surface area (Å²) in [5, 5.41) is 2.11. The van der Waals surface area contributed by atoms with Gasteiger partial charge < -0.3 is 5.32 Å². The second-order valence-electron chi connectivity index (χ2n) is 3.68. The largest absolute Gasteiger partial charge is 0.322 e. The molecule has 0 saturated heterocycles. The Bertz CT molecular complexity index is 646. The van der Waals surface area contributed by atoms with E-state index in [4.69, 9.17) is 11.6 Å². The number of nitrogens with one attached hydrogen (secondary N) is 1. The van der Waals surface area contributed by atoms with Crippen LogP contribution in [0.3, 0.4) is 0 Å². The fourth-order valence-corrected chi connectivity index (χ4v) is 1.63. The summed E-state index contributed by atoms with van der Waals surface area (Å²) in [5.74, 6) is -3.85. The van der Waals surface area contributed by atoms with Crippen molar-refractivity contribution in [3.8, 4) is 0 Å². The Morgan fingerprint density at radius 2 is 1.79 bits per heavy atom. The van der Waals surface area contributed by atoms with Crippen LogP contribution >= 0.6 is 11.6 Å². The molecule has 2 aromatic rings. The van der Waals surface area contributed by atoms with Crippen LogP contribution in [0.5, 0.6) is 0 Å². The van der Waals surface area contributed by atoms with E-state index in [1.165, 1.54) is 18.2 Å². The van der Waals surface area contributed by atoms with Crippen LogP contribution in [-0.2, 0) is 0 Å². The van der Waals surface area contributed by atoms with E-state index in [0.29, 0.717) is 0 Å². The molecule has 0 aliphatic carbocycles. The number of benzene rings is 2. The van der Waals surface area contributed by atoms with Crippen molar-refractivity contribution in [2.45, 2.75) is 0 Å². The molecule has 0 fully saturated rings. The summed E-state index contributed by atoms with van der Waals surface area (Å²) in [6.45, 7) is 0. The van der Waals surface area contributed by atoms with Gasteiger partial charge in [0.05, 0.1) is 10.6 Å². The first-order valence-electron chi connectivity index (χ1n) is 5.19. The lowest BCUT2D eigenvalue weighted by atomic mass is 10.2. The van der Waals surface area contributed by atoms with Crippen molar-refractivity contribution in [3.63, 3.8) is 0 Å². The monoisotopic (exact) mass is 285 g/mol. The van der Waals surface area contributed by atoms with E-state index >= 15 is 0 Å². The van der Waals surface area contributed by atoms with Crippen LogP contribution < -0.4 is 5.32 Å². The molecule has 0 unspecified atom stereocenters. The molecule has 0 aromatic heterocycles. The van der Waals surface area contributed by atoms with Crippen LogP contribution in [0.25, 0.3) is 0 Å². The topological polar surface area (TPSA) is 29.1 Å². The van der Waals surface area contributed by atoms with Crippen LogP contribution in [-0.4, -0.2) is 5.91 Å². The quantitative estimate of drug-likeness (QED) is 0.887.